The number of aliphatic hydroxyl groups excluding tert-OH is 1. The van der Waals surface area contributed by atoms with Crippen LogP contribution in [0.3, 0.4) is 0 Å². The van der Waals surface area contributed by atoms with Gasteiger partial charge in [-0.1, -0.05) is 11.6 Å². The first-order valence-corrected chi connectivity index (χ1v) is 4.04. The number of aromatic nitrogens is 1. The van der Waals surface area contributed by atoms with Crippen LogP contribution in [0.1, 0.15) is 18.7 Å². The molecule has 0 spiro atoms. The molecule has 0 bridgehead atoms. The zero-order valence-electron chi connectivity index (χ0n) is 6.74. The summed E-state index contributed by atoms with van der Waals surface area (Å²) >= 11 is 5.81. The molecule has 3 N–H and O–H groups in total. The summed E-state index contributed by atoms with van der Waals surface area (Å²) in [6, 6.07) is 2.91. The highest BCUT2D eigenvalue weighted by molar-refractivity contribution is 6.31. The first-order valence-electron chi connectivity index (χ1n) is 3.67. The summed E-state index contributed by atoms with van der Waals surface area (Å²) in [4.78, 5) is 3.98. The molecule has 0 fully saturated rings. The molecule has 1 heterocycles. The van der Waals surface area contributed by atoms with Gasteiger partial charge in [0.15, 0.2) is 0 Å². The molecular formula is C8H11ClN2O. The Morgan fingerprint density at radius 3 is 2.83 bits per heavy atom. The second-order valence-electron chi connectivity index (χ2n) is 2.64. The van der Waals surface area contributed by atoms with E-state index in [1.54, 1.807) is 25.3 Å². The van der Waals surface area contributed by atoms with Gasteiger partial charge in [-0.3, -0.25) is 4.98 Å². The van der Waals surface area contributed by atoms with Gasteiger partial charge in [-0.15, -0.1) is 0 Å². The molecule has 0 unspecified atom stereocenters. The number of hydrogen-bond acceptors (Lipinski definition) is 3. The Hall–Kier alpha value is -0.640. The molecule has 4 heteroatoms. The van der Waals surface area contributed by atoms with Gasteiger partial charge >= 0.3 is 0 Å². The van der Waals surface area contributed by atoms with Gasteiger partial charge in [0.05, 0.1) is 22.9 Å². The van der Waals surface area contributed by atoms with Gasteiger partial charge in [0.1, 0.15) is 0 Å². The van der Waals surface area contributed by atoms with Crippen LogP contribution in [0, 0.1) is 0 Å². The lowest BCUT2D eigenvalue weighted by atomic mass is 10.1. The van der Waals surface area contributed by atoms with Crippen molar-refractivity contribution >= 4 is 11.6 Å². The largest absolute Gasteiger partial charge is 0.391 e. The minimum atomic E-state index is -0.641. The van der Waals surface area contributed by atoms with Crippen molar-refractivity contribution in [3.05, 3.63) is 29.0 Å². The molecule has 0 aliphatic heterocycles. The van der Waals surface area contributed by atoms with E-state index in [0.717, 1.165) is 0 Å². The topological polar surface area (TPSA) is 59.1 Å². The maximum absolute atomic E-state index is 9.18. The fraction of sp³-hybridized carbons (Fsp3) is 0.375. The van der Waals surface area contributed by atoms with E-state index in [0.29, 0.717) is 10.7 Å². The normalized spacial score (nSPS) is 15.7. The molecular weight excluding hydrogens is 176 g/mol. The van der Waals surface area contributed by atoms with Crippen LogP contribution in [0.25, 0.3) is 0 Å². The van der Waals surface area contributed by atoms with Crippen molar-refractivity contribution in [1.82, 2.24) is 4.98 Å². The minimum absolute atomic E-state index is 0.492. The SMILES string of the molecule is C[C@H](O)[C@@H](N)c1ncccc1Cl. The van der Waals surface area contributed by atoms with Crippen LogP contribution in [0.5, 0.6) is 0 Å². The number of rotatable bonds is 2. The highest BCUT2D eigenvalue weighted by Gasteiger charge is 2.15. The molecule has 0 radical (unpaired) electrons. The summed E-state index contributed by atoms with van der Waals surface area (Å²) in [5.74, 6) is 0. The summed E-state index contributed by atoms with van der Waals surface area (Å²) in [6.07, 6.45) is 0.959. The van der Waals surface area contributed by atoms with Crippen LogP contribution in [0.2, 0.25) is 5.02 Å². The molecule has 1 rings (SSSR count). The van der Waals surface area contributed by atoms with Gasteiger partial charge in [-0.2, -0.15) is 0 Å². The van der Waals surface area contributed by atoms with Crippen molar-refractivity contribution < 1.29 is 5.11 Å². The second-order valence-corrected chi connectivity index (χ2v) is 3.04. The molecule has 12 heavy (non-hydrogen) atoms. The fourth-order valence-electron chi connectivity index (χ4n) is 0.872. The maximum atomic E-state index is 9.18. The number of halogens is 1. The van der Waals surface area contributed by atoms with E-state index in [1.165, 1.54) is 0 Å². The second kappa shape index (κ2) is 3.85. The van der Waals surface area contributed by atoms with Gasteiger partial charge in [-0.05, 0) is 19.1 Å². The minimum Gasteiger partial charge on any atom is -0.391 e. The zero-order valence-corrected chi connectivity index (χ0v) is 7.49. The number of aliphatic hydroxyl groups is 1. The third-order valence-corrected chi connectivity index (χ3v) is 1.94. The van der Waals surface area contributed by atoms with Crippen LogP contribution < -0.4 is 5.73 Å². The lowest BCUT2D eigenvalue weighted by molar-refractivity contribution is 0.162. The Balaban J connectivity index is 2.94. The van der Waals surface area contributed by atoms with E-state index in [9.17, 15) is 5.11 Å². The van der Waals surface area contributed by atoms with E-state index in [2.05, 4.69) is 4.98 Å². The van der Waals surface area contributed by atoms with Crippen molar-refractivity contribution in [3.8, 4) is 0 Å². The Morgan fingerprint density at radius 2 is 2.33 bits per heavy atom. The van der Waals surface area contributed by atoms with Crippen LogP contribution >= 0.6 is 11.6 Å². The number of nitrogens with zero attached hydrogens (tertiary/aromatic N) is 1. The Labute approximate surface area is 76.2 Å². The lowest BCUT2D eigenvalue weighted by Crippen LogP contribution is -2.24. The molecule has 0 saturated heterocycles. The first-order chi connectivity index (χ1) is 5.63. The summed E-state index contributed by atoms with van der Waals surface area (Å²) in [7, 11) is 0. The zero-order chi connectivity index (χ0) is 9.14. The quantitative estimate of drug-likeness (QED) is 0.728. The summed E-state index contributed by atoms with van der Waals surface area (Å²) in [5, 5.41) is 9.67. The molecule has 0 aliphatic carbocycles. The molecule has 0 aliphatic rings. The van der Waals surface area contributed by atoms with Gasteiger partial charge in [0, 0.05) is 6.20 Å². The Bertz CT molecular complexity index is 265. The van der Waals surface area contributed by atoms with Crippen molar-refractivity contribution in [1.29, 1.82) is 0 Å². The summed E-state index contributed by atoms with van der Waals surface area (Å²) in [5.41, 5.74) is 6.18. The van der Waals surface area contributed by atoms with Crippen LogP contribution in [0.15, 0.2) is 18.3 Å². The summed E-state index contributed by atoms with van der Waals surface area (Å²) < 4.78 is 0. The molecule has 3 nitrogen and oxygen atoms in total. The van der Waals surface area contributed by atoms with E-state index >= 15 is 0 Å². The maximum Gasteiger partial charge on any atom is 0.0783 e. The highest BCUT2D eigenvalue weighted by Crippen LogP contribution is 2.20. The molecule has 2 atom stereocenters. The van der Waals surface area contributed by atoms with E-state index < -0.39 is 12.1 Å². The van der Waals surface area contributed by atoms with Crippen molar-refractivity contribution in [3.63, 3.8) is 0 Å². The van der Waals surface area contributed by atoms with Gasteiger partial charge < -0.3 is 10.8 Å². The average Bonchev–Trinajstić information content (AvgIpc) is 2.04. The predicted octanol–water partition coefficient (Wildman–Crippen LogP) is 1.12. The molecule has 1 aromatic heterocycles. The predicted molar refractivity (Wildman–Crippen MR) is 47.9 cm³/mol. The smallest absolute Gasteiger partial charge is 0.0783 e. The highest BCUT2D eigenvalue weighted by atomic mass is 35.5. The average molecular weight is 187 g/mol. The third kappa shape index (κ3) is 1.94. The standard InChI is InChI=1S/C8H11ClN2O/c1-5(12)7(10)8-6(9)3-2-4-11-8/h2-5,7,12H,10H2,1H3/t5-,7+/m0/s1. The first kappa shape index (κ1) is 9.45. The van der Waals surface area contributed by atoms with Crippen molar-refractivity contribution in [2.45, 2.75) is 19.1 Å². The Kier molecular flexibility index (Phi) is 3.03. The van der Waals surface area contributed by atoms with Crippen LogP contribution in [-0.4, -0.2) is 16.2 Å². The Morgan fingerprint density at radius 1 is 1.67 bits per heavy atom. The van der Waals surface area contributed by atoms with E-state index in [4.69, 9.17) is 17.3 Å². The molecule has 66 valence electrons. The van der Waals surface area contributed by atoms with Crippen LogP contribution in [0.4, 0.5) is 0 Å². The van der Waals surface area contributed by atoms with Gasteiger partial charge in [-0.25, -0.2) is 0 Å². The van der Waals surface area contributed by atoms with Crippen molar-refractivity contribution in [2.24, 2.45) is 5.73 Å². The molecule has 1 aromatic rings. The number of hydrogen-bond donors (Lipinski definition) is 2. The fourth-order valence-corrected chi connectivity index (χ4v) is 1.12. The monoisotopic (exact) mass is 186 g/mol. The lowest BCUT2D eigenvalue weighted by Gasteiger charge is -2.14. The van der Waals surface area contributed by atoms with Gasteiger partial charge in [0.25, 0.3) is 0 Å². The molecule has 0 amide bonds. The number of pyridine rings is 1. The third-order valence-electron chi connectivity index (χ3n) is 1.62. The number of nitrogens with two attached hydrogens (primary N) is 1. The van der Waals surface area contributed by atoms with Crippen LogP contribution in [-0.2, 0) is 0 Å². The molecule has 0 aromatic carbocycles. The molecule has 0 saturated carbocycles. The van der Waals surface area contributed by atoms with Crippen molar-refractivity contribution in [2.75, 3.05) is 0 Å². The van der Waals surface area contributed by atoms with E-state index in [-0.39, 0.29) is 0 Å². The van der Waals surface area contributed by atoms with E-state index in [1.807, 2.05) is 0 Å². The van der Waals surface area contributed by atoms with Gasteiger partial charge in [0.2, 0.25) is 0 Å². The summed E-state index contributed by atoms with van der Waals surface area (Å²) in [6.45, 7) is 1.61.